The molecule has 8 heteroatoms. The highest BCUT2D eigenvalue weighted by Crippen LogP contribution is 2.38. The van der Waals surface area contributed by atoms with E-state index in [4.69, 9.17) is 0 Å². The van der Waals surface area contributed by atoms with Crippen molar-refractivity contribution in [3.05, 3.63) is 34.7 Å². The number of amides is 2. The second kappa shape index (κ2) is 8.14. The molecule has 0 radical (unpaired) electrons. The first-order valence-corrected chi connectivity index (χ1v) is 10.6. The zero-order valence-corrected chi connectivity index (χ0v) is 17.3. The Morgan fingerprint density at radius 1 is 0.893 bits per heavy atom. The van der Waals surface area contributed by atoms with Gasteiger partial charge in [0.25, 0.3) is 11.1 Å². The fourth-order valence-electron chi connectivity index (χ4n) is 3.93. The summed E-state index contributed by atoms with van der Waals surface area (Å²) in [4.78, 5) is 34.3. The first kappa shape index (κ1) is 19.3. The van der Waals surface area contributed by atoms with E-state index in [9.17, 15) is 9.59 Å². The number of nitrogens with one attached hydrogen (secondary N) is 1. The van der Waals surface area contributed by atoms with Gasteiger partial charge in [-0.05, 0) is 31.9 Å². The van der Waals surface area contributed by atoms with Crippen molar-refractivity contribution in [3.8, 4) is 0 Å². The summed E-state index contributed by atoms with van der Waals surface area (Å²) in [6, 6.07) is 8.29. The first-order chi connectivity index (χ1) is 13.5. The molecular formula is C20H27N5O2S. The van der Waals surface area contributed by atoms with Gasteiger partial charge in [-0.15, -0.1) is 0 Å². The summed E-state index contributed by atoms with van der Waals surface area (Å²) in [5.74, 6) is -0.280. The van der Waals surface area contributed by atoms with Crippen molar-refractivity contribution in [2.24, 2.45) is 0 Å². The topological polar surface area (TPSA) is 59.1 Å². The molecule has 3 fully saturated rings. The lowest BCUT2D eigenvalue weighted by molar-refractivity contribution is -0.115. The monoisotopic (exact) mass is 401 g/mol. The summed E-state index contributed by atoms with van der Waals surface area (Å²) >= 11 is 1.02. The molecular weight excluding hydrogens is 374 g/mol. The van der Waals surface area contributed by atoms with E-state index in [1.165, 1.54) is 0 Å². The molecule has 150 valence electrons. The van der Waals surface area contributed by atoms with Crippen molar-refractivity contribution in [1.29, 1.82) is 0 Å². The second-order valence-corrected chi connectivity index (χ2v) is 8.60. The van der Waals surface area contributed by atoms with Crippen LogP contribution in [0.5, 0.6) is 0 Å². The number of carbonyl (C=O) groups is 2. The van der Waals surface area contributed by atoms with Gasteiger partial charge in [-0.1, -0.05) is 18.2 Å². The Hall–Kier alpha value is -2.03. The second-order valence-electron chi connectivity index (χ2n) is 7.62. The maximum Gasteiger partial charge on any atom is 0.291 e. The predicted octanol–water partition coefficient (Wildman–Crippen LogP) is 1.34. The molecule has 3 saturated heterocycles. The summed E-state index contributed by atoms with van der Waals surface area (Å²) in [5.41, 5.74) is 3.09. The average molecular weight is 402 g/mol. The third-order valence-corrected chi connectivity index (χ3v) is 6.52. The van der Waals surface area contributed by atoms with Gasteiger partial charge in [-0.2, -0.15) is 0 Å². The summed E-state index contributed by atoms with van der Waals surface area (Å²) in [5, 5.41) is 2.15. The van der Waals surface area contributed by atoms with E-state index in [2.05, 4.69) is 57.2 Å². The maximum absolute atomic E-state index is 12.6. The van der Waals surface area contributed by atoms with Crippen LogP contribution in [0.3, 0.4) is 0 Å². The molecule has 0 unspecified atom stereocenters. The highest BCUT2D eigenvalue weighted by atomic mass is 32.2. The normalized spacial score (nSPS) is 23.9. The fourth-order valence-corrected chi connectivity index (χ4v) is 4.74. The van der Waals surface area contributed by atoms with Crippen LogP contribution in [-0.2, 0) is 4.79 Å². The van der Waals surface area contributed by atoms with Crippen LogP contribution in [0, 0.1) is 0 Å². The van der Waals surface area contributed by atoms with Crippen LogP contribution in [0.25, 0.3) is 5.70 Å². The zero-order valence-electron chi connectivity index (χ0n) is 16.5. The largest absolute Gasteiger partial charge is 0.368 e. The molecule has 0 aliphatic carbocycles. The number of likely N-dealkylation sites (N-methyl/N-ethyl adjacent to an activating group) is 2. The molecule has 0 aromatic heterocycles. The van der Waals surface area contributed by atoms with Crippen molar-refractivity contribution in [3.63, 3.8) is 0 Å². The number of benzene rings is 1. The molecule has 3 heterocycles. The van der Waals surface area contributed by atoms with Crippen molar-refractivity contribution < 1.29 is 9.59 Å². The Bertz CT molecular complexity index is 796. The lowest BCUT2D eigenvalue weighted by atomic mass is 10.0. The van der Waals surface area contributed by atoms with Crippen LogP contribution >= 0.6 is 11.8 Å². The Balaban J connectivity index is 1.77. The number of piperazine rings is 2. The minimum absolute atomic E-state index is 0.280. The number of anilines is 1. The standard InChI is InChI=1S/C20H27N5O2S/c1-22-7-11-24(12-8-22)16-6-4-3-5-15(16)17(18-19(26)21-20(27)28-18)25-13-9-23(2)10-14-25/h3-6H,7-14H2,1-2H3,(H,21,26,27). The molecule has 1 N–H and O–H groups in total. The number of nitrogens with zero attached hydrogens (tertiary/aromatic N) is 4. The Morgan fingerprint density at radius 3 is 2.11 bits per heavy atom. The molecule has 3 aliphatic heterocycles. The van der Waals surface area contributed by atoms with Crippen LogP contribution in [0.4, 0.5) is 10.5 Å². The highest BCUT2D eigenvalue weighted by molar-refractivity contribution is 8.18. The Labute approximate surface area is 170 Å². The number of thioether (sulfide) groups is 1. The van der Waals surface area contributed by atoms with Crippen LogP contribution in [0.15, 0.2) is 29.2 Å². The van der Waals surface area contributed by atoms with Crippen LogP contribution in [-0.4, -0.2) is 92.3 Å². The molecule has 0 spiro atoms. The molecule has 0 atom stereocenters. The number of hydrogen-bond acceptors (Lipinski definition) is 7. The van der Waals surface area contributed by atoms with Crippen LogP contribution in [0.2, 0.25) is 0 Å². The van der Waals surface area contributed by atoms with Crippen LogP contribution in [0.1, 0.15) is 5.56 Å². The van der Waals surface area contributed by atoms with E-state index in [0.29, 0.717) is 4.91 Å². The molecule has 3 aliphatic rings. The van der Waals surface area contributed by atoms with Crippen molar-refractivity contribution in [2.45, 2.75) is 0 Å². The number of para-hydroxylation sites is 1. The molecule has 7 nitrogen and oxygen atoms in total. The molecule has 1 aromatic carbocycles. The maximum atomic E-state index is 12.6. The van der Waals surface area contributed by atoms with Gasteiger partial charge in [0.2, 0.25) is 0 Å². The van der Waals surface area contributed by atoms with Gasteiger partial charge >= 0.3 is 0 Å². The molecule has 0 saturated carbocycles. The minimum atomic E-state index is -0.288. The molecule has 4 rings (SSSR count). The van der Waals surface area contributed by atoms with Gasteiger partial charge in [-0.25, -0.2) is 0 Å². The fraction of sp³-hybridized carbons (Fsp3) is 0.500. The Morgan fingerprint density at radius 2 is 1.50 bits per heavy atom. The summed E-state index contributed by atoms with van der Waals surface area (Å²) in [7, 11) is 4.26. The van der Waals surface area contributed by atoms with Gasteiger partial charge < -0.3 is 19.6 Å². The SMILES string of the molecule is CN1CCN(C(=C2SC(=O)NC2=O)c2ccccc2N2CCN(C)CC2)CC1. The van der Waals surface area contributed by atoms with E-state index in [1.54, 1.807) is 0 Å². The molecule has 28 heavy (non-hydrogen) atoms. The van der Waals surface area contributed by atoms with Crippen molar-refractivity contribution >= 4 is 34.3 Å². The third-order valence-electron chi connectivity index (χ3n) is 5.65. The average Bonchev–Trinajstić information content (AvgIpc) is 3.02. The summed E-state index contributed by atoms with van der Waals surface area (Å²) in [6.07, 6.45) is 0. The van der Waals surface area contributed by atoms with E-state index < -0.39 is 0 Å². The first-order valence-electron chi connectivity index (χ1n) is 9.77. The van der Waals surface area contributed by atoms with Gasteiger partial charge in [0, 0.05) is 63.6 Å². The van der Waals surface area contributed by atoms with Gasteiger partial charge in [0.15, 0.2) is 0 Å². The van der Waals surface area contributed by atoms with Gasteiger partial charge in [-0.3, -0.25) is 14.9 Å². The number of rotatable bonds is 3. The lowest BCUT2D eigenvalue weighted by Crippen LogP contribution is -2.46. The number of hydrogen-bond donors (Lipinski definition) is 1. The number of carbonyl (C=O) groups excluding carboxylic acids is 2. The van der Waals surface area contributed by atoms with Gasteiger partial charge in [0.05, 0.1) is 5.70 Å². The third kappa shape index (κ3) is 3.90. The minimum Gasteiger partial charge on any atom is -0.368 e. The lowest BCUT2D eigenvalue weighted by Gasteiger charge is -2.39. The smallest absolute Gasteiger partial charge is 0.291 e. The van der Waals surface area contributed by atoms with E-state index in [-0.39, 0.29) is 11.1 Å². The van der Waals surface area contributed by atoms with E-state index >= 15 is 0 Å². The van der Waals surface area contributed by atoms with E-state index in [0.717, 1.165) is 81.1 Å². The van der Waals surface area contributed by atoms with Crippen molar-refractivity contribution in [1.82, 2.24) is 20.0 Å². The van der Waals surface area contributed by atoms with E-state index in [1.807, 2.05) is 6.07 Å². The zero-order chi connectivity index (χ0) is 19.7. The molecule has 0 bridgehead atoms. The quantitative estimate of drug-likeness (QED) is 0.767. The molecule has 1 aromatic rings. The van der Waals surface area contributed by atoms with Crippen LogP contribution < -0.4 is 10.2 Å². The molecule has 2 amide bonds. The van der Waals surface area contributed by atoms with Crippen molar-refractivity contribution in [2.75, 3.05) is 71.4 Å². The predicted molar refractivity (Wildman–Crippen MR) is 113 cm³/mol. The summed E-state index contributed by atoms with van der Waals surface area (Å²) < 4.78 is 0. The Kier molecular flexibility index (Phi) is 5.61. The van der Waals surface area contributed by atoms with Gasteiger partial charge in [0.1, 0.15) is 4.91 Å². The summed E-state index contributed by atoms with van der Waals surface area (Å²) in [6.45, 7) is 7.50. The highest BCUT2D eigenvalue weighted by Gasteiger charge is 2.34. The number of imide groups is 1.